The van der Waals surface area contributed by atoms with Gasteiger partial charge in [0.2, 0.25) is 0 Å². The van der Waals surface area contributed by atoms with Crippen LogP contribution in [0.4, 0.5) is 17.6 Å². The molecule has 1 N–H and O–H groups in total. The van der Waals surface area contributed by atoms with Gasteiger partial charge in [0.25, 0.3) is 0 Å². The number of aromatic amines is 1. The average Bonchev–Trinajstić information content (AvgIpc) is 3.26. The van der Waals surface area contributed by atoms with Gasteiger partial charge >= 0.3 is 12.1 Å². The van der Waals surface area contributed by atoms with Gasteiger partial charge in [-0.05, 0) is 35.4 Å². The van der Waals surface area contributed by atoms with Gasteiger partial charge in [0, 0.05) is 11.3 Å². The number of carbonyl (C=O) groups excluding carboxylic acids is 1. The van der Waals surface area contributed by atoms with Crippen LogP contribution in [0.1, 0.15) is 32.6 Å². The van der Waals surface area contributed by atoms with E-state index in [2.05, 4.69) is 9.72 Å². The van der Waals surface area contributed by atoms with E-state index in [1.165, 1.54) is 48.5 Å². The van der Waals surface area contributed by atoms with Gasteiger partial charge in [-0.1, -0.05) is 60.7 Å². The minimum atomic E-state index is -5.05. The number of nitrogens with one attached hydrogen (secondary N) is 1. The molecule has 3 aromatic carbocycles. The van der Waals surface area contributed by atoms with Gasteiger partial charge < -0.3 is 9.72 Å². The number of aromatic nitrogens is 1. The minimum Gasteiger partial charge on any atom is -0.465 e. The van der Waals surface area contributed by atoms with E-state index in [-0.39, 0.29) is 21.6 Å². The first-order chi connectivity index (χ1) is 17.1. The quantitative estimate of drug-likeness (QED) is 0.245. The zero-order valence-corrected chi connectivity index (χ0v) is 19.5. The summed E-state index contributed by atoms with van der Waals surface area (Å²) < 4.78 is 88.6. The maximum absolute atomic E-state index is 14.2. The van der Waals surface area contributed by atoms with Crippen LogP contribution in [0.25, 0.3) is 11.1 Å². The van der Waals surface area contributed by atoms with Crippen LogP contribution < -0.4 is 0 Å². The van der Waals surface area contributed by atoms with Crippen molar-refractivity contribution < 1.29 is 35.5 Å². The van der Waals surface area contributed by atoms with E-state index < -0.39 is 50.0 Å². The van der Waals surface area contributed by atoms with Crippen LogP contribution in [0.3, 0.4) is 0 Å². The molecule has 0 aliphatic heterocycles. The summed E-state index contributed by atoms with van der Waals surface area (Å²) in [6, 6.07) is 19.2. The Morgan fingerprint density at radius 2 is 1.44 bits per heavy atom. The number of ether oxygens (including phenoxy) is 1. The molecule has 1 heterocycles. The molecule has 5 nitrogen and oxygen atoms in total. The summed E-state index contributed by atoms with van der Waals surface area (Å²) in [7, 11) is -3.47. The summed E-state index contributed by atoms with van der Waals surface area (Å²) in [6.45, 7) is 0. The summed E-state index contributed by atoms with van der Waals surface area (Å²) in [5.41, 5.74) is -2.80. The van der Waals surface area contributed by atoms with Gasteiger partial charge in [0.1, 0.15) is 16.8 Å². The number of benzene rings is 3. The Bertz CT molecular complexity index is 1480. The molecular formula is C26H19F4NO4S. The van der Waals surface area contributed by atoms with E-state index in [0.717, 1.165) is 19.2 Å². The Morgan fingerprint density at radius 3 is 1.97 bits per heavy atom. The number of sulfone groups is 1. The van der Waals surface area contributed by atoms with Gasteiger partial charge in [-0.15, -0.1) is 0 Å². The number of carbonyl (C=O) groups is 1. The molecule has 1 unspecified atom stereocenters. The lowest BCUT2D eigenvalue weighted by molar-refractivity contribution is -0.141. The Hall–Kier alpha value is -3.92. The highest BCUT2D eigenvalue weighted by Gasteiger charge is 2.44. The Kier molecular flexibility index (Phi) is 6.73. The molecular weight excluding hydrogens is 498 g/mol. The third-order valence-electron chi connectivity index (χ3n) is 5.58. The van der Waals surface area contributed by atoms with Gasteiger partial charge in [-0.3, -0.25) is 0 Å². The SMILES string of the molecule is COC(=O)c1c(C(F)(F)F)[nH]c(C(c2ccc(F)cc2)S(=O)(=O)c2ccccc2)c1-c1ccccc1. The van der Waals surface area contributed by atoms with Crippen molar-refractivity contribution in [2.75, 3.05) is 7.11 Å². The molecule has 4 rings (SSSR count). The number of halogens is 4. The lowest BCUT2D eigenvalue weighted by Gasteiger charge is -2.20. The fourth-order valence-corrected chi connectivity index (χ4v) is 5.84. The monoisotopic (exact) mass is 517 g/mol. The van der Waals surface area contributed by atoms with E-state index in [0.29, 0.717) is 0 Å². The number of rotatable bonds is 6. The van der Waals surface area contributed by atoms with E-state index >= 15 is 0 Å². The molecule has 0 aliphatic carbocycles. The number of alkyl halides is 3. The highest BCUT2D eigenvalue weighted by Crippen LogP contribution is 2.45. The highest BCUT2D eigenvalue weighted by atomic mass is 32.2. The molecule has 4 aromatic rings. The molecule has 0 amide bonds. The summed E-state index contributed by atoms with van der Waals surface area (Å²) >= 11 is 0. The standard InChI is InChI=1S/C26H19F4NO4S/c1-35-25(32)21-20(16-8-4-2-5-9-16)22(31-24(21)26(28,29)30)23(17-12-14-18(27)15-13-17)36(33,34)19-10-6-3-7-11-19/h2-15,23,31H,1H3. The smallest absolute Gasteiger partial charge is 0.432 e. The first-order valence-corrected chi connectivity index (χ1v) is 12.1. The molecule has 1 aromatic heterocycles. The fourth-order valence-electron chi connectivity index (χ4n) is 4.02. The number of H-pyrrole nitrogens is 1. The summed E-state index contributed by atoms with van der Waals surface area (Å²) in [5, 5.41) is -1.74. The van der Waals surface area contributed by atoms with Crippen molar-refractivity contribution in [2.24, 2.45) is 0 Å². The Balaban J connectivity index is 2.15. The van der Waals surface area contributed by atoms with Crippen LogP contribution in [0.5, 0.6) is 0 Å². The van der Waals surface area contributed by atoms with E-state index in [1.54, 1.807) is 24.3 Å². The minimum absolute atomic E-state index is 0.00354. The maximum atomic E-state index is 14.2. The van der Waals surface area contributed by atoms with Crippen molar-refractivity contribution in [3.63, 3.8) is 0 Å². The number of methoxy groups -OCH3 is 1. The van der Waals surface area contributed by atoms with Gasteiger partial charge in [0.05, 0.1) is 17.6 Å². The van der Waals surface area contributed by atoms with E-state index in [4.69, 9.17) is 0 Å². The van der Waals surface area contributed by atoms with Crippen LogP contribution in [0.2, 0.25) is 0 Å². The van der Waals surface area contributed by atoms with Crippen molar-refractivity contribution in [3.05, 3.63) is 113 Å². The molecule has 0 spiro atoms. The molecule has 0 saturated carbocycles. The summed E-state index contributed by atoms with van der Waals surface area (Å²) in [4.78, 5) is 14.7. The molecule has 0 radical (unpaired) electrons. The normalized spacial score (nSPS) is 12.8. The first kappa shape index (κ1) is 25.2. The van der Waals surface area contributed by atoms with Crippen LogP contribution in [0.15, 0.2) is 89.8 Å². The second-order valence-electron chi connectivity index (χ2n) is 7.81. The molecule has 0 fully saturated rings. The molecule has 1 atom stereocenters. The van der Waals surface area contributed by atoms with Crippen molar-refractivity contribution in [1.82, 2.24) is 4.98 Å². The lowest BCUT2D eigenvalue weighted by atomic mass is 9.96. The van der Waals surface area contributed by atoms with Crippen molar-refractivity contribution in [2.45, 2.75) is 16.3 Å². The fraction of sp³-hybridized carbons (Fsp3) is 0.115. The van der Waals surface area contributed by atoms with Gasteiger partial charge in [-0.2, -0.15) is 13.2 Å². The number of esters is 1. The molecule has 0 saturated heterocycles. The number of hydrogen-bond acceptors (Lipinski definition) is 4. The largest absolute Gasteiger partial charge is 0.465 e. The number of hydrogen-bond donors (Lipinski definition) is 1. The lowest BCUT2D eigenvalue weighted by Crippen LogP contribution is -2.17. The van der Waals surface area contributed by atoms with E-state index in [9.17, 15) is 30.8 Å². The zero-order valence-electron chi connectivity index (χ0n) is 18.7. The molecule has 10 heteroatoms. The second-order valence-corrected chi connectivity index (χ2v) is 9.84. The van der Waals surface area contributed by atoms with Crippen molar-refractivity contribution >= 4 is 15.8 Å². The van der Waals surface area contributed by atoms with Crippen LogP contribution in [-0.2, 0) is 20.8 Å². The van der Waals surface area contributed by atoms with Crippen LogP contribution in [-0.4, -0.2) is 26.5 Å². The third kappa shape index (κ3) is 4.64. The van der Waals surface area contributed by atoms with Crippen LogP contribution >= 0.6 is 0 Å². The van der Waals surface area contributed by atoms with Crippen molar-refractivity contribution in [3.8, 4) is 11.1 Å². The molecule has 0 bridgehead atoms. The third-order valence-corrected chi connectivity index (χ3v) is 7.64. The van der Waals surface area contributed by atoms with E-state index in [1.807, 2.05) is 0 Å². The maximum Gasteiger partial charge on any atom is 0.432 e. The van der Waals surface area contributed by atoms with Crippen LogP contribution in [0, 0.1) is 5.82 Å². The predicted octanol–water partition coefficient (Wildman–Crippen LogP) is 6.19. The summed E-state index contributed by atoms with van der Waals surface area (Å²) in [5.74, 6) is -1.95. The molecule has 186 valence electrons. The second kappa shape index (κ2) is 9.62. The highest BCUT2D eigenvalue weighted by molar-refractivity contribution is 7.92. The average molecular weight is 518 g/mol. The van der Waals surface area contributed by atoms with Gasteiger partial charge in [-0.25, -0.2) is 17.6 Å². The molecule has 36 heavy (non-hydrogen) atoms. The molecule has 0 aliphatic rings. The topological polar surface area (TPSA) is 76.2 Å². The Morgan fingerprint density at radius 1 is 0.889 bits per heavy atom. The summed E-state index contributed by atoms with van der Waals surface area (Å²) in [6.07, 6.45) is -5.05. The predicted molar refractivity (Wildman–Crippen MR) is 124 cm³/mol. The van der Waals surface area contributed by atoms with Gasteiger partial charge in [0.15, 0.2) is 9.84 Å². The first-order valence-electron chi connectivity index (χ1n) is 10.6. The van der Waals surface area contributed by atoms with Crippen molar-refractivity contribution in [1.29, 1.82) is 0 Å². The Labute approximate surface area is 204 Å². The zero-order chi connectivity index (χ0) is 26.1.